The first-order valence-electron chi connectivity index (χ1n) is 7.63. The summed E-state index contributed by atoms with van der Waals surface area (Å²) >= 11 is 0. The van der Waals surface area contributed by atoms with Crippen molar-refractivity contribution in [1.29, 1.82) is 0 Å². The first-order valence-corrected chi connectivity index (χ1v) is 7.63. The van der Waals surface area contributed by atoms with E-state index in [-0.39, 0.29) is 17.8 Å². The molecule has 0 aliphatic heterocycles. The Balaban J connectivity index is 1.78. The molecule has 5 nitrogen and oxygen atoms in total. The molecule has 5 heteroatoms. The highest BCUT2D eigenvalue weighted by atomic mass is 16.5. The maximum absolute atomic E-state index is 12.6. The summed E-state index contributed by atoms with van der Waals surface area (Å²) in [5, 5.41) is 2.95. The third kappa shape index (κ3) is 3.76. The fourth-order valence-electron chi connectivity index (χ4n) is 2.25. The van der Waals surface area contributed by atoms with Crippen molar-refractivity contribution in [1.82, 2.24) is 15.3 Å². The largest absolute Gasteiger partial charge is 0.438 e. The van der Waals surface area contributed by atoms with Gasteiger partial charge in [-0.3, -0.25) is 9.78 Å². The van der Waals surface area contributed by atoms with Gasteiger partial charge < -0.3 is 10.1 Å². The Morgan fingerprint density at radius 2 is 1.75 bits per heavy atom. The molecule has 120 valence electrons. The maximum atomic E-state index is 12.6. The van der Waals surface area contributed by atoms with E-state index in [1.54, 1.807) is 30.7 Å². The van der Waals surface area contributed by atoms with Crippen molar-refractivity contribution >= 4 is 5.91 Å². The first-order chi connectivity index (χ1) is 11.7. The summed E-state index contributed by atoms with van der Waals surface area (Å²) in [5.74, 6) is 0.675. The fourth-order valence-corrected chi connectivity index (χ4v) is 2.25. The molecule has 0 fully saturated rings. The van der Waals surface area contributed by atoms with Crippen molar-refractivity contribution in [3.05, 3.63) is 84.3 Å². The summed E-state index contributed by atoms with van der Waals surface area (Å²) in [5.41, 5.74) is 1.37. The molecule has 24 heavy (non-hydrogen) atoms. The van der Waals surface area contributed by atoms with Gasteiger partial charge in [0.15, 0.2) is 0 Å². The zero-order valence-corrected chi connectivity index (χ0v) is 13.2. The molecule has 1 atom stereocenters. The zero-order valence-electron chi connectivity index (χ0n) is 13.2. The average Bonchev–Trinajstić information content (AvgIpc) is 2.63. The molecule has 0 radical (unpaired) electrons. The molecule has 0 saturated heterocycles. The van der Waals surface area contributed by atoms with Crippen LogP contribution in [0.3, 0.4) is 0 Å². The SMILES string of the molecule is CC(NC(=O)c1cccnc1Oc1ccccc1)c1ccncc1. The Hall–Kier alpha value is -3.21. The fraction of sp³-hybridized carbons (Fsp3) is 0.105. The summed E-state index contributed by atoms with van der Waals surface area (Å²) in [4.78, 5) is 20.8. The number of amides is 1. The number of aromatic nitrogens is 2. The molecule has 0 spiro atoms. The lowest BCUT2D eigenvalue weighted by molar-refractivity contribution is 0.0937. The van der Waals surface area contributed by atoms with Crippen LogP contribution in [0.15, 0.2) is 73.2 Å². The topological polar surface area (TPSA) is 64.1 Å². The van der Waals surface area contributed by atoms with Crippen molar-refractivity contribution in [2.24, 2.45) is 0 Å². The number of carbonyl (C=O) groups excluding carboxylic acids is 1. The molecule has 2 heterocycles. The van der Waals surface area contributed by atoms with E-state index in [1.807, 2.05) is 49.4 Å². The van der Waals surface area contributed by atoms with Gasteiger partial charge in [0, 0.05) is 18.6 Å². The van der Waals surface area contributed by atoms with Crippen LogP contribution in [0.2, 0.25) is 0 Å². The van der Waals surface area contributed by atoms with Gasteiger partial charge in [-0.25, -0.2) is 4.98 Å². The summed E-state index contributed by atoms with van der Waals surface area (Å²) in [6, 6.07) is 16.3. The predicted octanol–water partition coefficient (Wildman–Crippen LogP) is 3.76. The molecule has 0 aliphatic carbocycles. The van der Waals surface area contributed by atoms with E-state index in [2.05, 4.69) is 15.3 Å². The lowest BCUT2D eigenvalue weighted by Crippen LogP contribution is -2.27. The van der Waals surface area contributed by atoms with Crippen molar-refractivity contribution in [3.63, 3.8) is 0 Å². The van der Waals surface area contributed by atoms with Crippen molar-refractivity contribution in [2.75, 3.05) is 0 Å². The second-order valence-corrected chi connectivity index (χ2v) is 5.25. The minimum absolute atomic E-state index is 0.148. The van der Waals surface area contributed by atoms with Gasteiger partial charge in [-0.05, 0) is 48.9 Å². The second kappa shape index (κ2) is 7.37. The third-order valence-electron chi connectivity index (χ3n) is 3.53. The Kier molecular flexibility index (Phi) is 4.81. The number of carbonyl (C=O) groups is 1. The number of nitrogens with zero attached hydrogens (tertiary/aromatic N) is 2. The number of pyridine rings is 2. The molecule has 1 amide bonds. The van der Waals surface area contributed by atoms with Crippen molar-refractivity contribution < 1.29 is 9.53 Å². The van der Waals surface area contributed by atoms with Crippen molar-refractivity contribution in [2.45, 2.75) is 13.0 Å². The van der Waals surface area contributed by atoms with Crippen molar-refractivity contribution in [3.8, 4) is 11.6 Å². The minimum Gasteiger partial charge on any atom is -0.438 e. The molecule has 2 aromatic heterocycles. The highest BCUT2D eigenvalue weighted by Gasteiger charge is 2.17. The van der Waals surface area contributed by atoms with Crippen LogP contribution in [0, 0.1) is 0 Å². The number of para-hydroxylation sites is 1. The number of hydrogen-bond donors (Lipinski definition) is 1. The van der Waals surface area contributed by atoms with E-state index >= 15 is 0 Å². The Morgan fingerprint density at radius 3 is 2.50 bits per heavy atom. The molecule has 1 aromatic carbocycles. The molecule has 0 bridgehead atoms. The standard InChI is InChI=1S/C19H17N3O2/c1-14(15-9-12-20-13-10-15)22-18(23)17-8-5-11-21-19(17)24-16-6-3-2-4-7-16/h2-14H,1H3,(H,22,23). The highest BCUT2D eigenvalue weighted by Crippen LogP contribution is 2.23. The van der Waals surface area contributed by atoms with Crippen LogP contribution in [0.5, 0.6) is 11.6 Å². The number of nitrogens with one attached hydrogen (secondary N) is 1. The molecule has 3 rings (SSSR count). The summed E-state index contributed by atoms with van der Waals surface area (Å²) < 4.78 is 5.74. The molecular weight excluding hydrogens is 302 g/mol. The summed E-state index contributed by atoms with van der Waals surface area (Å²) in [7, 11) is 0. The van der Waals surface area contributed by atoms with E-state index in [0.29, 0.717) is 11.3 Å². The lowest BCUT2D eigenvalue weighted by Gasteiger charge is -2.15. The van der Waals surface area contributed by atoms with Gasteiger partial charge in [0.1, 0.15) is 11.3 Å². The lowest BCUT2D eigenvalue weighted by atomic mass is 10.1. The summed E-state index contributed by atoms with van der Waals surface area (Å²) in [6.07, 6.45) is 5.00. The molecule has 1 N–H and O–H groups in total. The molecule has 3 aromatic rings. The normalized spacial score (nSPS) is 11.5. The van der Waals surface area contributed by atoms with Crippen LogP contribution in [0.25, 0.3) is 0 Å². The Labute approximate surface area is 140 Å². The predicted molar refractivity (Wildman–Crippen MR) is 90.9 cm³/mol. The van der Waals surface area contributed by atoms with Gasteiger partial charge in [0.05, 0.1) is 6.04 Å². The minimum atomic E-state index is -0.238. The van der Waals surface area contributed by atoms with Gasteiger partial charge in [-0.1, -0.05) is 18.2 Å². The van der Waals surface area contributed by atoms with Crippen LogP contribution < -0.4 is 10.1 Å². The van der Waals surface area contributed by atoms with Crippen LogP contribution in [0.4, 0.5) is 0 Å². The van der Waals surface area contributed by atoms with E-state index in [1.165, 1.54) is 0 Å². The van der Waals surface area contributed by atoms with Crippen LogP contribution in [-0.4, -0.2) is 15.9 Å². The summed E-state index contributed by atoms with van der Waals surface area (Å²) in [6.45, 7) is 1.92. The van der Waals surface area contributed by atoms with Gasteiger partial charge in [-0.15, -0.1) is 0 Å². The Morgan fingerprint density at radius 1 is 1.00 bits per heavy atom. The number of rotatable bonds is 5. The van der Waals surface area contributed by atoms with E-state index < -0.39 is 0 Å². The maximum Gasteiger partial charge on any atom is 0.257 e. The quantitative estimate of drug-likeness (QED) is 0.777. The van der Waals surface area contributed by atoms with Gasteiger partial charge in [0.2, 0.25) is 5.88 Å². The van der Waals surface area contributed by atoms with Gasteiger partial charge in [-0.2, -0.15) is 0 Å². The smallest absolute Gasteiger partial charge is 0.257 e. The van der Waals surface area contributed by atoms with E-state index in [4.69, 9.17) is 4.74 Å². The number of hydrogen-bond acceptors (Lipinski definition) is 4. The van der Waals surface area contributed by atoms with Gasteiger partial charge >= 0.3 is 0 Å². The molecule has 0 aliphatic rings. The van der Waals surface area contributed by atoms with Crippen LogP contribution in [0.1, 0.15) is 28.9 Å². The van der Waals surface area contributed by atoms with Gasteiger partial charge in [0.25, 0.3) is 5.91 Å². The van der Waals surface area contributed by atoms with Crippen LogP contribution in [-0.2, 0) is 0 Å². The highest BCUT2D eigenvalue weighted by molar-refractivity contribution is 5.96. The number of benzene rings is 1. The molecule has 1 unspecified atom stereocenters. The van der Waals surface area contributed by atoms with E-state index in [9.17, 15) is 4.79 Å². The second-order valence-electron chi connectivity index (χ2n) is 5.25. The third-order valence-corrected chi connectivity index (χ3v) is 3.53. The molecular formula is C19H17N3O2. The van der Waals surface area contributed by atoms with Crippen LogP contribution >= 0.6 is 0 Å². The number of ether oxygens (including phenoxy) is 1. The first kappa shape index (κ1) is 15.7. The van der Waals surface area contributed by atoms with E-state index in [0.717, 1.165) is 5.56 Å². The average molecular weight is 319 g/mol. The molecule has 0 saturated carbocycles. The zero-order chi connectivity index (χ0) is 16.8. The monoisotopic (exact) mass is 319 g/mol. The Bertz CT molecular complexity index is 807.